The van der Waals surface area contributed by atoms with Crippen LogP contribution in [-0.4, -0.2) is 67.0 Å². The average molecular weight is 429 g/mol. The Morgan fingerprint density at radius 2 is 1.73 bits per heavy atom. The number of carbonyl (C=O) groups is 3. The molecule has 1 aromatic carbocycles. The summed E-state index contributed by atoms with van der Waals surface area (Å²) in [4.78, 5) is 40.6. The van der Waals surface area contributed by atoms with Gasteiger partial charge in [0.2, 0.25) is 0 Å². The summed E-state index contributed by atoms with van der Waals surface area (Å²) in [6.07, 6.45) is 2.91. The largest absolute Gasteiger partial charge is 0.494 e. The highest BCUT2D eigenvalue weighted by Crippen LogP contribution is 2.14. The lowest BCUT2D eigenvalue weighted by Crippen LogP contribution is -2.51. The second kappa shape index (κ2) is 10.6. The Bertz CT molecular complexity index is 885. The van der Waals surface area contributed by atoms with Crippen LogP contribution in [0.15, 0.2) is 47.9 Å². The SMILES string of the molecule is CCOc1ccc(/C=C/C(=O)OCC(=O)N2CCN(C(=O)c3cccs3)CC2)cc1. The number of esters is 1. The summed E-state index contributed by atoms with van der Waals surface area (Å²) < 4.78 is 10.4. The van der Waals surface area contributed by atoms with E-state index in [-0.39, 0.29) is 18.4 Å². The molecular formula is C22H24N2O5S. The molecule has 1 fully saturated rings. The quantitative estimate of drug-likeness (QED) is 0.501. The van der Waals surface area contributed by atoms with E-state index < -0.39 is 5.97 Å². The van der Waals surface area contributed by atoms with Gasteiger partial charge in [0.1, 0.15) is 5.75 Å². The Hall–Kier alpha value is -3.13. The van der Waals surface area contributed by atoms with Crippen LogP contribution in [0.25, 0.3) is 6.08 Å². The van der Waals surface area contributed by atoms with Crippen molar-refractivity contribution >= 4 is 35.2 Å². The third-order valence-corrected chi connectivity index (χ3v) is 5.45. The minimum atomic E-state index is -0.580. The second-order valence-electron chi connectivity index (χ2n) is 6.59. The molecule has 0 saturated carbocycles. The van der Waals surface area contributed by atoms with Crippen molar-refractivity contribution in [1.29, 1.82) is 0 Å². The Morgan fingerprint density at radius 1 is 1.03 bits per heavy atom. The summed E-state index contributed by atoms with van der Waals surface area (Å²) in [5.41, 5.74) is 0.827. The van der Waals surface area contributed by atoms with Crippen molar-refractivity contribution in [2.24, 2.45) is 0 Å². The fourth-order valence-electron chi connectivity index (χ4n) is 2.99. The zero-order valence-electron chi connectivity index (χ0n) is 16.8. The van der Waals surface area contributed by atoms with E-state index >= 15 is 0 Å². The van der Waals surface area contributed by atoms with Gasteiger partial charge in [-0.3, -0.25) is 9.59 Å². The number of ether oxygens (including phenoxy) is 2. The molecule has 0 atom stereocenters. The van der Waals surface area contributed by atoms with Crippen molar-refractivity contribution in [3.63, 3.8) is 0 Å². The molecule has 1 aliphatic rings. The minimum absolute atomic E-state index is 0.0112. The summed E-state index contributed by atoms with van der Waals surface area (Å²) in [5.74, 6) is -0.0901. The lowest BCUT2D eigenvalue weighted by Gasteiger charge is -2.34. The van der Waals surface area contributed by atoms with Crippen LogP contribution >= 0.6 is 11.3 Å². The number of nitrogens with zero attached hydrogens (tertiary/aromatic N) is 2. The zero-order chi connectivity index (χ0) is 21.3. The monoisotopic (exact) mass is 428 g/mol. The average Bonchev–Trinajstić information content (AvgIpc) is 3.32. The first kappa shape index (κ1) is 21.6. The van der Waals surface area contributed by atoms with Crippen molar-refractivity contribution < 1.29 is 23.9 Å². The van der Waals surface area contributed by atoms with Crippen molar-refractivity contribution in [3.8, 4) is 5.75 Å². The molecule has 30 heavy (non-hydrogen) atoms. The third kappa shape index (κ3) is 5.93. The van der Waals surface area contributed by atoms with E-state index in [1.165, 1.54) is 17.4 Å². The van der Waals surface area contributed by atoms with E-state index in [1.807, 2.05) is 42.6 Å². The standard InChI is InChI=1S/C22H24N2O5S/c1-2-28-18-8-5-17(6-9-18)7-10-21(26)29-16-20(25)23-11-13-24(14-12-23)22(27)19-4-3-15-30-19/h3-10,15H,2,11-14,16H2,1H3/b10-7+. The maximum atomic E-state index is 12.3. The molecule has 0 N–H and O–H groups in total. The predicted octanol–water partition coefficient (Wildman–Crippen LogP) is 2.69. The highest BCUT2D eigenvalue weighted by Gasteiger charge is 2.25. The van der Waals surface area contributed by atoms with Gasteiger partial charge >= 0.3 is 5.97 Å². The van der Waals surface area contributed by atoms with Crippen molar-refractivity contribution in [2.75, 3.05) is 39.4 Å². The number of hydrogen-bond donors (Lipinski definition) is 0. The van der Waals surface area contributed by atoms with Gasteiger partial charge in [-0.05, 0) is 42.1 Å². The lowest BCUT2D eigenvalue weighted by atomic mass is 10.2. The number of benzene rings is 1. The molecule has 1 aliphatic heterocycles. The molecule has 8 heteroatoms. The van der Waals surface area contributed by atoms with Crippen molar-refractivity contribution in [2.45, 2.75) is 6.92 Å². The second-order valence-corrected chi connectivity index (χ2v) is 7.54. The number of thiophene rings is 1. The van der Waals surface area contributed by atoms with Crippen LogP contribution in [0.1, 0.15) is 22.2 Å². The molecule has 2 heterocycles. The third-order valence-electron chi connectivity index (χ3n) is 4.59. The molecule has 0 aliphatic carbocycles. The normalized spacial score (nSPS) is 14.0. The maximum Gasteiger partial charge on any atom is 0.331 e. The molecule has 1 aromatic heterocycles. The molecule has 0 spiro atoms. The van der Waals surface area contributed by atoms with E-state index in [1.54, 1.807) is 21.9 Å². The molecule has 1 saturated heterocycles. The summed E-state index contributed by atoms with van der Waals surface area (Å²) in [5, 5.41) is 1.87. The summed E-state index contributed by atoms with van der Waals surface area (Å²) in [6.45, 7) is 3.98. The first-order chi connectivity index (χ1) is 14.6. The Morgan fingerprint density at radius 3 is 2.37 bits per heavy atom. The fourth-order valence-corrected chi connectivity index (χ4v) is 3.68. The van der Waals surface area contributed by atoms with Gasteiger partial charge < -0.3 is 19.3 Å². The highest BCUT2D eigenvalue weighted by atomic mass is 32.1. The molecule has 0 bridgehead atoms. The summed E-state index contributed by atoms with van der Waals surface area (Å²) in [7, 11) is 0. The van der Waals surface area contributed by atoms with Crippen LogP contribution in [0.2, 0.25) is 0 Å². The first-order valence-corrected chi connectivity index (χ1v) is 10.6. The first-order valence-electron chi connectivity index (χ1n) is 9.75. The van der Waals surface area contributed by atoms with Gasteiger partial charge in [0, 0.05) is 32.3 Å². The van der Waals surface area contributed by atoms with Gasteiger partial charge in [0.25, 0.3) is 11.8 Å². The Labute approximate surface area is 179 Å². The van der Waals surface area contributed by atoms with Crippen LogP contribution in [0.5, 0.6) is 5.75 Å². The van der Waals surface area contributed by atoms with Gasteiger partial charge in [-0.2, -0.15) is 0 Å². The smallest absolute Gasteiger partial charge is 0.331 e. The van der Waals surface area contributed by atoms with Crippen LogP contribution in [0, 0.1) is 0 Å². The predicted molar refractivity (Wildman–Crippen MR) is 114 cm³/mol. The molecular weight excluding hydrogens is 404 g/mol. The van der Waals surface area contributed by atoms with Gasteiger partial charge in [-0.15, -0.1) is 11.3 Å². The van der Waals surface area contributed by atoms with Gasteiger partial charge in [-0.1, -0.05) is 18.2 Å². The molecule has 158 valence electrons. The topological polar surface area (TPSA) is 76.2 Å². The van der Waals surface area contributed by atoms with Gasteiger partial charge in [0.05, 0.1) is 11.5 Å². The molecule has 3 rings (SSSR count). The van der Waals surface area contributed by atoms with E-state index in [0.29, 0.717) is 37.7 Å². The van der Waals surface area contributed by atoms with E-state index in [2.05, 4.69) is 0 Å². The number of hydrogen-bond acceptors (Lipinski definition) is 6. The van der Waals surface area contributed by atoms with E-state index in [9.17, 15) is 14.4 Å². The van der Waals surface area contributed by atoms with Crippen LogP contribution < -0.4 is 4.74 Å². The molecule has 0 unspecified atom stereocenters. The van der Waals surface area contributed by atoms with E-state index in [0.717, 1.165) is 11.3 Å². The number of carbonyl (C=O) groups excluding carboxylic acids is 3. The number of rotatable bonds is 7. The van der Waals surface area contributed by atoms with Crippen LogP contribution in [0.3, 0.4) is 0 Å². The summed E-state index contributed by atoms with van der Waals surface area (Å²) in [6, 6.07) is 10.9. The minimum Gasteiger partial charge on any atom is -0.494 e. The zero-order valence-corrected chi connectivity index (χ0v) is 17.6. The number of piperazine rings is 1. The molecule has 7 nitrogen and oxygen atoms in total. The van der Waals surface area contributed by atoms with Crippen molar-refractivity contribution in [1.82, 2.24) is 9.80 Å². The highest BCUT2D eigenvalue weighted by molar-refractivity contribution is 7.12. The Kier molecular flexibility index (Phi) is 7.62. The van der Waals surface area contributed by atoms with Crippen LogP contribution in [-0.2, 0) is 14.3 Å². The summed E-state index contributed by atoms with van der Waals surface area (Å²) >= 11 is 1.41. The van der Waals surface area contributed by atoms with E-state index in [4.69, 9.17) is 9.47 Å². The Balaban J connectivity index is 1.40. The van der Waals surface area contributed by atoms with Gasteiger partial charge in [-0.25, -0.2) is 4.79 Å². The van der Waals surface area contributed by atoms with Crippen molar-refractivity contribution in [3.05, 3.63) is 58.3 Å². The molecule has 2 aromatic rings. The van der Waals surface area contributed by atoms with Crippen LogP contribution in [0.4, 0.5) is 0 Å². The fraction of sp³-hybridized carbons (Fsp3) is 0.318. The molecule has 0 radical (unpaired) electrons. The number of amides is 2. The van der Waals surface area contributed by atoms with Gasteiger partial charge in [0.15, 0.2) is 6.61 Å². The molecule has 2 amide bonds. The maximum absolute atomic E-state index is 12.3. The lowest BCUT2D eigenvalue weighted by molar-refractivity contribution is -0.148.